The van der Waals surface area contributed by atoms with Crippen LogP contribution in [0.3, 0.4) is 0 Å². The van der Waals surface area contributed by atoms with E-state index < -0.39 is 5.91 Å². The molecule has 2 fully saturated rings. The zero-order chi connectivity index (χ0) is 17.6. The van der Waals surface area contributed by atoms with Crippen LogP contribution in [0, 0.1) is 23.7 Å². The number of nitrogens with one attached hydrogen (secondary N) is 1. The molecule has 1 heterocycles. The highest BCUT2D eigenvalue weighted by atomic mass is 16.5. The molecule has 0 radical (unpaired) electrons. The Morgan fingerprint density at radius 2 is 1.72 bits per heavy atom. The lowest BCUT2D eigenvalue weighted by molar-refractivity contribution is -0.142. The number of fused-ring (bicyclic) bond motifs is 1. The number of anilines is 1. The van der Waals surface area contributed by atoms with Crippen molar-refractivity contribution in [2.75, 3.05) is 19.0 Å². The van der Waals surface area contributed by atoms with Crippen molar-refractivity contribution in [1.29, 1.82) is 0 Å². The molecule has 130 valence electrons. The van der Waals surface area contributed by atoms with Crippen LogP contribution in [0.4, 0.5) is 5.69 Å². The van der Waals surface area contributed by atoms with Crippen LogP contribution in [0.2, 0.25) is 0 Å². The fourth-order valence-corrected chi connectivity index (χ4v) is 4.37. The van der Waals surface area contributed by atoms with Crippen molar-refractivity contribution in [1.82, 2.24) is 4.90 Å². The summed E-state index contributed by atoms with van der Waals surface area (Å²) in [6.07, 6.45) is 6.03. The van der Waals surface area contributed by atoms with Gasteiger partial charge in [-0.2, -0.15) is 0 Å². The highest BCUT2D eigenvalue weighted by Crippen LogP contribution is 2.49. The smallest absolute Gasteiger partial charge is 0.244 e. The molecule has 5 rings (SSSR count). The predicted molar refractivity (Wildman–Crippen MR) is 90.7 cm³/mol. The van der Waals surface area contributed by atoms with Crippen molar-refractivity contribution in [3.8, 4) is 5.75 Å². The summed E-state index contributed by atoms with van der Waals surface area (Å²) in [7, 11) is 1.52. The molecule has 6 heteroatoms. The summed E-state index contributed by atoms with van der Waals surface area (Å²) in [6.45, 7) is -0.248. The van der Waals surface area contributed by atoms with E-state index in [0.717, 1.165) is 17.7 Å². The van der Waals surface area contributed by atoms with Crippen molar-refractivity contribution < 1.29 is 19.1 Å². The molecule has 4 atom stereocenters. The molecule has 6 nitrogen and oxygen atoms in total. The Balaban J connectivity index is 1.49. The van der Waals surface area contributed by atoms with Crippen LogP contribution in [-0.4, -0.2) is 36.3 Å². The Labute approximate surface area is 145 Å². The monoisotopic (exact) mass is 340 g/mol. The van der Waals surface area contributed by atoms with Gasteiger partial charge in [0.2, 0.25) is 17.7 Å². The summed E-state index contributed by atoms with van der Waals surface area (Å²) in [5.74, 6) is -0.572. The number of hydrogen-bond donors (Lipinski definition) is 1. The number of para-hydroxylation sites is 2. The third-order valence-corrected chi connectivity index (χ3v) is 5.53. The number of benzene rings is 1. The van der Waals surface area contributed by atoms with Crippen LogP contribution < -0.4 is 10.1 Å². The molecule has 1 saturated carbocycles. The maximum Gasteiger partial charge on any atom is 0.244 e. The summed E-state index contributed by atoms with van der Waals surface area (Å²) < 4.78 is 5.20. The van der Waals surface area contributed by atoms with Crippen LogP contribution in [0.25, 0.3) is 0 Å². The topological polar surface area (TPSA) is 75.7 Å². The minimum absolute atomic E-state index is 0.133. The number of ether oxygens (including phenoxy) is 1. The Morgan fingerprint density at radius 3 is 2.28 bits per heavy atom. The van der Waals surface area contributed by atoms with E-state index in [1.165, 1.54) is 7.11 Å². The van der Waals surface area contributed by atoms with Gasteiger partial charge in [-0.05, 0) is 36.8 Å². The number of methoxy groups -OCH3 is 1. The molecular weight excluding hydrogens is 320 g/mol. The number of likely N-dealkylation sites (tertiary alicyclic amines) is 1. The third kappa shape index (κ3) is 2.52. The minimum atomic E-state index is -0.398. The van der Waals surface area contributed by atoms with Gasteiger partial charge >= 0.3 is 0 Å². The lowest BCUT2D eigenvalue weighted by atomic mass is 9.63. The second-order valence-corrected chi connectivity index (χ2v) is 6.85. The van der Waals surface area contributed by atoms with Gasteiger partial charge in [-0.3, -0.25) is 19.3 Å². The van der Waals surface area contributed by atoms with E-state index in [1.54, 1.807) is 24.3 Å². The summed E-state index contributed by atoms with van der Waals surface area (Å²) in [4.78, 5) is 39.0. The Bertz CT molecular complexity index is 740. The van der Waals surface area contributed by atoms with Crippen LogP contribution in [-0.2, 0) is 14.4 Å². The number of hydrogen-bond acceptors (Lipinski definition) is 4. The predicted octanol–water partition coefficient (Wildman–Crippen LogP) is 1.83. The number of rotatable bonds is 4. The number of carbonyl (C=O) groups excluding carboxylic acids is 3. The van der Waals surface area contributed by atoms with Crippen LogP contribution in [0.1, 0.15) is 12.8 Å². The van der Waals surface area contributed by atoms with Gasteiger partial charge in [0.1, 0.15) is 12.3 Å². The van der Waals surface area contributed by atoms with Gasteiger partial charge in [0.25, 0.3) is 0 Å². The Hall–Kier alpha value is -2.63. The van der Waals surface area contributed by atoms with Crippen molar-refractivity contribution in [2.45, 2.75) is 12.8 Å². The second-order valence-electron chi connectivity index (χ2n) is 6.85. The van der Waals surface area contributed by atoms with Gasteiger partial charge in [-0.1, -0.05) is 24.3 Å². The molecule has 4 aliphatic rings. The molecule has 0 aromatic heterocycles. The molecule has 3 amide bonds. The number of nitrogens with zero attached hydrogens (tertiary/aromatic N) is 1. The van der Waals surface area contributed by atoms with E-state index in [2.05, 4.69) is 17.5 Å². The lowest BCUT2D eigenvalue weighted by Crippen LogP contribution is -2.38. The molecule has 1 aromatic rings. The minimum Gasteiger partial charge on any atom is -0.495 e. The molecule has 1 aliphatic heterocycles. The molecule has 25 heavy (non-hydrogen) atoms. The van der Waals surface area contributed by atoms with Crippen molar-refractivity contribution in [2.24, 2.45) is 23.7 Å². The SMILES string of the molecule is COc1ccccc1NC(=O)CN1C(=O)[C@@H]2[C@H](C1=O)[C@H]1C=C[C@H]2CC1. The highest BCUT2D eigenvalue weighted by Gasteiger charge is 2.56. The van der Waals surface area contributed by atoms with E-state index in [-0.39, 0.29) is 42.0 Å². The van der Waals surface area contributed by atoms with E-state index in [9.17, 15) is 14.4 Å². The zero-order valence-corrected chi connectivity index (χ0v) is 14.0. The molecule has 1 saturated heterocycles. The van der Waals surface area contributed by atoms with E-state index >= 15 is 0 Å². The average molecular weight is 340 g/mol. The number of allylic oxidation sites excluding steroid dienone is 2. The van der Waals surface area contributed by atoms with Crippen molar-refractivity contribution in [3.05, 3.63) is 36.4 Å². The van der Waals surface area contributed by atoms with Crippen molar-refractivity contribution in [3.63, 3.8) is 0 Å². The summed E-state index contributed by atoms with van der Waals surface area (Å²) in [5.41, 5.74) is 0.522. The summed E-state index contributed by atoms with van der Waals surface area (Å²) in [6, 6.07) is 7.03. The number of carbonyl (C=O) groups is 3. The summed E-state index contributed by atoms with van der Waals surface area (Å²) in [5, 5.41) is 2.72. The van der Waals surface area contributed by atoms with Crippen LogP contribution >= 0.6 is 0 Å². The van der Waals surface area contributed by atoms with E-state index in [4.69, 9.17) is 4.74 Å². The normalized spacial score (nSPS) is 29.7. The third-order valence-electron chi connectivity index (χ3n) is 5.53. The first-order valence-corrected chi connectivity index (χ1v) is 8.56. The molecule has 1 N–H and O–H groups in total. The van der Waals surface area contributed by atoms with Crippen LogP contribution in [0.5, 0.6) is 5.75 Å². The number of amides is 3. The lowest BCUT2D eigenvalue weighted by Gasteiger charge is -2.38. The maximum atomic E-state index is 12.7. The highest BCUT2D eigenvalue weighted by molar-refractivity contribution is 6.09. The number of imide groups is 1. The molecule has 0 unspecified atom stereocenters. The average Bonchev–Trinajstić information content (AvgIpc) is 2.90. The summed E-state index contributed by atoms with van der Waals surface area (Å²) >= 11 is 0. The first kappa shape index (κ1) is 15.9. The molecular formula is C19H20N2O4. The van der Waals surface area contributed by atoms with E-state index in [0.29, 0.717) is 11.4 Å². The standard InChI is InChI=1S/C19H20N2O4/c1-25-14-5-3-2-4-13(14)20-15(22)10-21-18(23)16-11-6-7-12(9-8-11)17(16)19(21)24/h2-7,11-12,16-17H,8-10H2,1H3,(H,20,22)/t11-,12-,16-,17+/m0/s1. The van der Waals surface area contributed by atoms with Gasteiger partial charge in [-0.25, -0.2) is 0 Å². The first-order valence-electron chi connectivity index (χ1n) is 8.56. The van der Waals surface area contributed by atoms with Gasteiger partial charge < -0.3 is 10.1 Å². The first-order chi connectivity index (χ1) is 12.1. The molecule has 1 aromatic carbocycles. The fourth-order valence-electron chi connectivity index (χ4n) is 4.37. The van der Waals surface area contributed by atoms with Crippen LogP contribution in [0.15, 0.2) is 36.4 Å². The molecule has 3 aliphatic carbocycles. The van der Waals surface area contributed by atoms with Gasteiger partial charge in [0.05, 0.1) is 24.6 Å². The Kier molecular flexibility index (Phi) is 3.82. The van der Waals surface area contributed by atoms with Gasteiger partial charge in [0.15, 0.2) is 0 Å². The van der Waals surface area contributed by atoms with Gasteiger partial charge in [0, 0.05) is 0 Å². The molecule has 2 bridgehead atoms. The largest absolute Gasteiger partial charge is 0.495 e. The molecule has 0 spiro atoms. The fraction of sp³-hybridized carbons (Fsp3) is 0.421. The second kappa shape index (κ2) is 6.02. The quantitative estimate of drug-likeness (QED) is 0.670. The van der Waals surface area contributed by atoms with E-state index in [1.807, 2.05) is 0 Å². The maximum absolute atomic E-state index is 12.7. The van der Waals surface area contributed by atoms with Gasteiger partial charge in [-0.15, -0.1) is 0 Å². The Morgan fingerprint density at radius 1 is 1.12 bits per heavy atom. The zero-order valence-electron chi connectivity index (χ0n) is 14.0. The van der Waals surface area contributed by atoms with Crippen molar-refractivity contribution >= 4 is 23.4 Å².